The molecule has 0 amide bonds. The number of halogens is 3. The van der Waals surface area contributed by atoms with Crippen molar-refractivity contribution in [3.05, 3.63) is 100 Å². The molecule has 0 aliphatic carbocycles. The van der Waals surface area contributed by atoms with Crippen LogP contribution in [0, 0.1) is 18.6 Å². The number of carbonyl (C=O) groups is 1. The Kier molecular flexibility index (Phi) is 7.49. The second-order valence-corrected chi connectivity index (χ2v) is 10.3. The fourth-order valence-corrected chi connectivity index (χ4v) is 4.82. The SMILES string of the molecule is Cc1cc(-c2cccc(OCc3ccc(Cl)cc3F)n2)cc(F)c1Oc1nc2ccc(C(=O)O)cc2n1C[C@@H]1CCO1. The molecule has 11 heteroatoms. The van der Waals surface area contributed by atoms with E-state index >= 15 is 4.39 Å². The van der Waals surface area contributed by atoms with Gasteiger partial charge in [-0.05, 0) is 67.4 Å². The van der Waals surface area contributed by atoms with Crippen LogP contribution in [0.1, 0.15) is 27.9 Å². The van der Waals surface area contributed by atoms with Gasteiger partial charge in [0.1, 0.15) is 12.4 Å². The molecule has 5 aromatic rings. The molecule has 214 valence electrons. The fraction of sp³-hybridized carbons (Fsp3) is 0.194. The molecule has 6 rings (SSSR count). The molecule has 0 unspecified atom stereocenters. The Bertz CT molecular complexity index is 1800. The minimum atomic E-state index is -1.07. The highest BCUT2D eigenvalue weighted by Crippen LogP contribution is 2.35. The van der Waals surface area contributed by atoms with Crippen molar-refractivity contribution in [3.8, 4) is 28.9 Å². The smallest absolute Gasteiger partial charge is 0.335 e. The number of imidazole rings is 1. The first-order valence-electron chi connectivity index (χ1n) is 13.1. The minimum absolute atomic E-state index is 0.0195. The van der Waals surface area contributed by atoms with Crippen molar-refractivity contribution < 1.29 is 32.9 Å². The summed E-state index contributed by atoms with van der Waals surface area (Å²) in [6.07, 6.45) is 0.757. The lowest BCUT2D eigenvalue weighted by atomic mass is 10.1. The number of nitrogens with zero attached hydrogens (tertiary/aromatic N) is 3. The van der Waals surface area contributed by atoms with Crippen molar-refractivity contribution in [2.24, 2.45) is 0 Å². The second kappa shape index (κ2) is 11.4. The van der Waals surface area contributed by atoms with Crippen LogP contribution in [0.25, 0.3) is 22.3 Å². The second-order valence-electron chi connectivity index (χ2n) is 9.89. The number of aromatic nitrogens is 3. The number of carboxylic acids is 1. The Morgan fingerprint density at radius 1 is 1.10 bits per heavy atom. The predicted octanol–water partition coefficient (Wildman–Crippen LogP) is 7.20. The lowest BCUT2D eigenvalue weighted by Gasteiger charge is -2.27. The summed E-state index contributed by atoms with van der Waals surface area (Å²) < 4.78 is 48.7. The number of aryl methyl sites for hydroxylation is 1. The van der Waals surface area contributed by atoms with Crippen LogP contribution < -0.4 is 9.47 Å². The van der Waals surface area contributed by atoms with Gasteiger partial charge in [0.2, 0.25) is 5.88 Å². The van der Waals surface area contributed by atoms with Crippen molar-refractivity contribution in [1.29, 1.82) is 0 Å². The first-order valence-corrected chi connectivity index (χ1v) is 13.5. The van der Waals surface area contributed by atoms with Crippen LogP contribution in [0.2, 0.25) is 5.02 Å². The Hall–Kier alpha value is -4.54. The lowest BCUT2D eigenvalue weighted by Crippen LogP contribution is -2.31. The average Bonchev–Trinajstić information content (AvgIpc) is 3.28. The molecule has 1 aliphatic rings. The third-order valence-electron chi connectivity index (χ3n) is 6.97. The van der Waals surface area contributed by atoms with Crippen LogP contribution >= 0.6 is 11.6 Å². The Balaban J connectivity index is 1.27. The van der Waals surface area contributed by atoms with Crippen molar-refractivity contribution in [1.82, 2.24) is 14.5 Å². The van der Waals surface area contributed by atoms with Gasteiger partial charge in [-0.3, -0.25) is 4.57 Å². The van der Waals surface area contributed by atoms with E-state index in [0.29, 0.717) is 46.6 Å². The number of rotatable bonds is 9. The van der Waals surface area contributed by atoms with Gasteiger partial charge in [0, 0.05) is 28.8 Å². The number of hydrogen-bond donors (Lipinski definition) is 1. The quantitative estimate of drug-likeness (QED) is 0.194. The Morgan fingerprint density at radius 2 is 1.93 bits per heavy atom. The number of fused-ring (bicyclic) bond motifs is 1. The summed E-state index contributed by atoms with van der Waals surface area (Å²) in [7, 11) is 0. The molecule has 1 N–H and O–H groups in total. The van der Waals surface area contributed by atoms with Crippen LogP contribution in [0.5, 0.6) is 17.6 Å². The van der Waals surface area contributed by atoms with Gasteiger partial charge in [0.15, 0.2) is 11.6 Å². The number of aromatic carboxylic acids is 1. The summed E-state index contributed by atoms with van der Waals surface area (Å²) in [6.45, 7) is 2.67. The van der Waals surface area contributed by atoms with Crippen molar-refractivity contribution in [2.45, 2.75) is 32.6 Å². The molecule has 1 atom stereocenters. The van der Waals surface area contributed by atoms with Gasteiger partial charge in [-0.2, -0.15) is 4.98 Å². The molecule has 1 saturated heterocycles. The normalized spacial score (nSPS) is 14.5. The number of pyridine rings is 1. The van der Waals surface area contributed by atoms with Crippen molar-refractivity contribution in [3.63, 3.8) is 0 Å². The summed E-state index contributed by atoms with van der Waals surface area (Å²) in [4.78, 5) is 20.5. The van der Waals surface area contributed by atoms with Gasteiger partial charge in [-0.1, -0.05) is 23.7 Å². The van der Waals surface area contributed by atoms with E-state index in [1.807, 2.05) is 0 Å². The van der Waals surface area contributed by atoms with E-state index in [0.717, 1.165) is 6.42 Å². The zero-order valence-electron chi connectivity index (χ0n) is 22.3. The Labute approximate surface area is 244 Å². The van der Waals surface area contributed by atoms with E-state index in [1.54, 1.807) is 47.9 Å². The minimum Gasteiger partial charge on any atom is -0.478 e. The topological polar surface area (TPSA) is 95.7 Å². The highest BCUT2D eigenvalue weighted by atomic mass is 35.5. The Morgan fingerprint density at radius 3 is 2.64 bits per heavy atom. The predicted molar refractivity (Wildman–Crippen MR) is 151 cm³/mol. The van der Waals surface area contributed by atoms with Crippen LogP contribution in [-0.2, 0) is 17.9 Å². The van der Waals surface area contributed by atoms with Crippen LogP contribution in [0.3, 0.4) is 0 Å². The maximum Gasteiger partial charge on any atom is 0.335 e. The standard InChI is InChI=1S/C31H24ClF2N3O5/c1-17-11-20(25-3-2-4-28(35-25)41-16-19-5-7-21(32)14-23(19)33)12-24(34)29(17)42-31-36-26-8-6-18(30(38)39)13-27(26)37(31)15-22-9-10-40-22/h2-8,11-14,22H,9-10,15-16H2,1H3,(H,38,39)/t22-/m0/s1. The largest absolute Gasteiger partial charge is 0.478 e. The van der Waals surface area contributed by atoms with E-state index in [2.05, 4.69) is 9.97 Å². The molecule has 42 heavy (non-hydrogen) atoms. The van der Waals surface area contributed by atoms with Crippen LogP contribution in [0.4, 0.5) is 8.78 Å². The molecule has 1 aliphatic heterocycles. The van der Waals surface area contributed by atoms with Gasteiger partial charge in [0.05, 0.1) is 34.9 Å². The lowest BCUT2D eigenvalue weighted by molar-refractivity contribution is -0.0593. The summed E-state index contributed by atoms with van der Waals surface area (Å²) in [6, 6.07) is 17.1. The number of ether oxygens (including phenoxy) is 3. The highest BCUT2D eigenvalue weighted by Gasteiger charge is 2.24. The van der Waals surface area contributed by atoms with Gasteiger partial charge >= 0.3 is 12.0 Å². The molecule has 8 nitrogen and oxygen atoms in total. The first kappa shape index (κ1) is 27.6. The molecule has 2 aromatic heterocycles. The number of carboxylic acid groups (broad SMARTS) is 1. The van der Waals surface area contributed by atoms with E-state index in [9.17, 15) is 14.3 Å². The molecule has 0 saturated carbocycles. The van der Waals surface area contributed by atoms with Gasteiger partial charge in [-0.15, -0.1) is 0 Å². The highest BCUT2D eigenvalue weighted by molar-refractivity contribution is 6.30. The van der Waals surface area contributed by atoms with Crippen molar-refractivity contribution >= 4 is 28.6 Å². The third-order valence-corrected chi connectivity index (χ3v) is 7.21. The maximum absolute atomic E-state index is 15.6. The van der Waals surface area contributed by atoms with Crippen molar-refractivity contribution in [2.75, 3.05) is 6.61 Å². The fourth-order valence-electron chi connectivity index (χ4n) is 4.67. The number of benzene rings is 3. The van der Waals surface area contributed by atoms with Crippen LogP contribution in [0.15, 0.2) is 66.7 Å². The third kappa shape index (κ3) is 5.63. The van der Waals surface area contributed by atoms with Gasteiger partial charge < -0.3 is 19.3 Å². The summed E-state index contributed by atoms with van der Waals surface area (Å²) in [5.74, 6) is -1.96. The summed E-state index contributed by atoms with van der Waals surface area (Å²) in [5.41, 5.74) is 2.93. The molecule has 0 radical (unpaired) electrons. The molecular formula is C31H24ClF2N3O5. The zero-order valence-corrected chi connectivity index (χ0v) is 23.1. The molecule has 0 bridgehead atoms. The number of hydrogen-bond acceptors (Lipinski definition) is 6. The van der Waals surface area contributed by atoms with Gasteiger partial charge in [-0.25, -0.2) is 18.6 Å². The van der Waals surface area contributed by atoms with E-state index in [4.69, 9.17) is 25.8 Å². The van der Waals surface area contributed by atoms with E-state index in [-0.39, 0.29) is 40.9 Å². The first-order chi connectivity index (χ1) is 20.2. The molecule has 3 aromatic carbocycles. The zero-order chi connectivity index (χ0) is 29.4. The van der Waals surface area contributed by atoms with Crippen LogP contribution in [-0.4, -0.2) is 38.3 Å². The average molecular weight is 592 g/mol. The molecule has 1 fully saturated rings. The monoisotopic (exact) mass is 591 g/mol. The molecular weight excluding hydrogens is 568 g/mol. The van der Waals surface area contributed by atoms with E-state index in [1.165, 1.54) is 30.3 Å². The summed E-state index contributed by atoms with van der Waals surface area (Å²) in [5, 5.41) is 9.75. The molecule has 3 heterocycles. The summed E-state index contributed by atoms with van der Waals surface area (Å²) >= 11 is 5.81. The van der Waals surface area contributed by atoms with Gasteiger partial charge in [0.25, 0.3) is 0 Å². The molecule has 0 spiro atoms. The van der Waals surface area contributed by atoms with E-state index < -0.39 is 17.6 Å². The maximum atomic E-state index is 15.6.